The van der Waals surface area contributed by atoms with E-state index >= 15 is 0 Å². The highest BCUT2D eigenvalue weighted by Gasteiger charge is 2.29. The van der Waals surface area contributed by atoms with Crippen molar-refractivity contribution < 1.29 is 18.7 Å². The average molecular weight is 198 g/mol. The number of rotatable bonds is 1. The lowest BCUT2D eigenvalue weighted by Crippen LogP contribution is -2.08. The molecule has 74 valence electrons. The summed E-state index contributed by atoms with van der Waals surface area (Å²) in [6, 6.07) is 2.09. The molecule has 1 atom stereocenters. The molecule has 0 saturated carbocycles. The molecule has 2 rings (SSSR count). The fourth-order valence-corrected chi connectivity index (χ4v) is 1.86. The molecular formula is C10H8F2O2. The number of carboxylic acid groups (broad SMARTS) is 1. The van der Waals surface area contributed by atoms with Crippen LogP contribution in [-0.2, 0) is 11.2 Å². The highest BCUT2D eigenvalue weighted by Crippen LogP contribution is 2.34. The predicted octanol–water partition coefficient (Wildman–Crippen LogP) is 2.08. The van der Waals surface area contributed by atoms with Crippen LogP contribution in [-0.4, -0.2) is 11.1 Å². The van der Waals surface area contributed by atoms with Gasteiger partial charge in [-0.25, -0.2) is 8.78 Å². The fourth-order valence-electron chi connectivity index (χ4n) is 1.86. The third-order valence-electron chi connectivity index (χ3n) is 2.56. The number of fused-ring (bicyclic) bond motifs is 1. The first-order chi connectivity index (χ1) is 6.59. The predicted molar refractivity (Wildman–Crippen MR) is 45.1 cm³/mol. The van der Waals surface area contributed by atoms with Crippen LogP contribution < -0.4 is 0 Å². The first-order valence-electron chi connectivity index (χ1n) is 4.30. The van der Waals surface area contributed by atoms with Gasteiger partial charge in [-0.05, 0) is 36.1 Å². The van der Waals surface area contributed by atoms with Crippen LogP contribution in [0.15, 0.2) is 12.1 Å². The van der Waals surface area contributed by atoms with E-state index in [0.29, 0.717) is 24.0 Å². The summed E-state index contributed by atoms with van der Waals surface area (Å²) < 4.78 is 25.6. The third kappa shape index (κ3) is 1.27. The van der Waals surface area contributed by atoms with Crippen molar-refractivity contribution in [1.29, 1.82) is 0 Å². The van der Waals surface area contributed by atoms with Gasteiger partial charge in [0.05, 0.1) is 5.92 Å². The van der Waals surface area contributed by atoms with Gasteiger partial charge in [0.15, 0.2) is 11.6 Å². The molecule has 14 heavy (non-hydrogen) atoms. The number of halogens is 2. The van der Waals surface area contributed by atoms with Crippen molar-refractivity contribution >= 4 is 5.97 Å². The van der Waals surface area contributed by atoms with Gasteiger partial charge in [0.2, 0.25) is 0 Å². The Morgan fingerprint density at radius 3 is 2.64 bits per heavy atom. The molecule has 4 heteroatoms. The molecule has 0 heterocycles. The monoisotopic (exact) mass is 198 g/mol. The Morgan fingerprint density at radius 1 is 1.36 bits per heavy atom. The van der Waals surface area contributed by atoms with Crippen LogP contribution in [0.4, 0.5) is 8.78 Å². The Kier molecular flexibility index (Phi) is 1.98. The minimum absolute atomic E-state index is 0.413. The largest absolute Gasteiger partial charge is 0.481 e. The van der Waals surface area contributed by atoms with Gasteiger partial charge >= 0.3 is 5.97 Å². The molecule has 1 aliphatic rings. The molecule has 1 aliphatic carbocycles. The standard InChI is InChI=1S/C10H8F2O2/c11-8-3-5-1-2-6(10(13)14)7(5)4-9(8)12/h3-4,6H,1-2H2,(H,13,14). The van der Waals surface area contributed by atoms with Crippen molar-refractivity contribution in [3.8, 4) is 0 Å². The second-order valence-electron chi connectivity index (χ2n) is 3.39. The number of aliphatic carboxylic acids is 1. The van der Waals surface area contributed by atoms with Gasteiger partial charge in [-0.2, -0.15) is 0 Å². The van der Waals surface area contributed by atoms with Crippen molar-refractivity contribution in [2.45, 2.75) is 18.8 Å². The van der Waals surface area contributed by atoms with E-state index in [1.54, 1.807) is 0 Å². The fraction of sp³-hybridized carbons (Fsp3) is 0.300. The number of hydrogen-bond donors (Lipinski definition) is 1. The molecule has 0 fully saturated rings. The van der Waals surface area contributed by atoms with Crippen LogP contribution in [0.5, 0.6) is 0 Å². The van der Waals surface area contributed by atoms with Gasteiger partial charge in [0.1, 0.15) is 0 Å². The number of carboxylic acids is 1. The van der Waals surface area contributed by atoms with Gasteiger partial charge in [0.25, 0.3) is 0 Å². The van der Waals surface area contributed by atoms with E-state index in [4.69, 9.17) is 5.11 Å². The van der Waals surface area contributed by atoms with Crippen LogP contribution in [0.25, 0.3) is 0 Å². The Hall–Kier alpha value is -1.45. The lowest BCUT2D eigenvalue weighted by molar-refractivity contribution is -0.138. The lowest BCUT2D eigenvalue weighted by atomic mass is 10.0. The van der Waals surface area contributed by atoms with Gasteiger partial charge in [-0.3, -0.25) is 4.79 Å². The smallest absolute Gasteiger partial charge is 0.310 e. The van der Waals surface area contributed by atoms with Crippen LogP contribution in [0.2, 0.25) is 0 Å². The first-order valence-corrected chi connectivity index (χ1v) is 4.30. The molecule has 1 aromatic rings. The molecule has 0 amide bonds. The van der Waals surface area contributed by atoms with Crippen LogP contribution >= 0.6 is 0 Å². The van der Waals surface area contributed by atoms with Crippen LogP contribution in [0.1, 0.15) is 23.5 Å². The molecule has 0 aliphatic heterocycles. The Morgan fingerprint density at radius 2 is 2.00 bits per heavy atom. The van der Waals surface area contributed by atoms with E-state index in [-0.39, 0.29) is 0 Å². The third-order valence-corrected chi connectivity index (χ3v) is 2.56. The maximum atomic E-state index is 12.8. The van der Waals surface area contributed by atoms with E-state index in [1.807, 2.05) is 0 Å². The summed E-state index contributed by atoms with van der Waals surface area (Å²) in [4.78, 5) is 10.7. The number of aryl methyl sites for hydroxylation is 1. The van der Waals surface area contributed by atoms with E-state index in [1.165, 1.54) is 0 Å². The van der Waals surface area contributed by atoms with Gasteiger partial charge in [-0.1, -0.05) is 0 Å². The molecule has 0 radical (unpaired) electrons. The summed E-state index contributed by atoms with van der Waals surface area (Å²) in [5.41, 5.74) is 1.02. The zero-order chi connectivity index (χ0) is 10.3. The van der Waals surface area contributed by atoms with Crippen molar-refractivity contribution in [3.05, 3.63) is 34.9 Å². The summed E-state index contributed by atoms with van der Waals surface area (Å²) >= 11 is 0. The molecule has 0 spiro atoms. The minimum atomic E-state index is -0.977. The van der Waals surface area contributed by atoms with Crippen molar-refractivity contribution in [3.63, 3.8) is 0 Å². The lowest BCUT2D eigenvalue weighted by Gasteiger charge is -2.05. The van der Waals surface area contributed by atoms with Crippen molar-refractivity contribution in [2.24, 2.45) is 0 Å². The molecule has 2 nitrogen and oxygen atoms in total. The molecular weight excluding hydrogens is 190 g/mol. The summed E-state index contributed by atoms with van der Waals surface area (Å²) in [6.45, 7) is 0. The van der Waals surface area contributed by atoms with Gasteiger partial charge < -0.3 is 5.11 Å². The van der Waals surface area contributed by atoms with Crippen LogP contribution in [0, 0.1) is 11.6 Å². The van der Waals surface area contributed by atoms with Gasteiger partial charge in [-0.15, -0.1) is 0 Å². The molecule has 0 bridgehead atoms. The summed E-state index contributed by atoms with van der Waals surface area (Å²) in [7, 11) is 0. The maximum Gasteiger partial charge on any atom is 0.310 e. The number of benzene rings is 1. The highest BCUT2D eigenvalue weighted by molar-refractivity contribution is 5.77. The topological polar surface area (TPSA) is 37.3 Å². The quantitative estimate of drug-likeness (QED) is 0.750. The zero-order valence-corrected chi connectivity index (χ0v) is 7.26. The summed E-state index contributed by atoms with van der Waals surface area (Å²) in [5, 5.41) is 8.80. The Balaban J connectivity index is 2.50. The first kappa shape index (κ1) is 9.12. The normalized spacial score (nSPS) is 19.4. The van der Waals surface area contributed by atoms with E-state index in [9.17, 15) is 13.6 Å². The zero-order valence-electron chi connectivity index (χ0n) is 7.26. The van der Waals surface area contributed by atoms with Gasteiger partial charge in [0, 0.05) is 0 Å². The van der Waals surface area contributed by atoms with E-state index in [0.717, 1.165) is 12.1 Å². The van der Waals surface area contributed by atoms with Crippen molar-refractivity contribution in [2.75, 3.05) is 0 Å². The SMILES string of the molecule is O=C(O)C1CCc2cc(F)c(F)cc21. The Bertz CT molecular complexity index is 401. The molecule has 0 aromatic heterocycles. The maximum absolute atomic E-state index is 12.8. The molecule has 0 saturated heterocycles. The van der Waals surface area contributed by atoms with E-state index < -0.39 is 23.5 Å². The van der Waals surface area contributed by atoms with E-state index in [2.05, 4.69) is 0 Å². The second kappa shape index (κ2) is 3.04. The summed E-state index contributed by atoms with van der Waals surface area (Å²) in [6.07, 6.45) is 0.928. The average Bonchev–Trinajstić information content (AvgIpc) is 2.48. The highest BCUT2D eigenvalue weighted by atomic mass is 19.2. The number of carbonyl (C=O) groups is 1. The number of hydrogen-bond acceptors (Lipinski definition) is 1. The van der Waals surface area contributed by atoms with Crippen molar-refractivity contribution in [1.82, 2.24) is 0 Å². The Labute approximate surface area is 79.2 Å². The molecule has 1 unspecified atom stereocenters. The summed E-state index contributed by atoms with van der Waals surface area (Å²) in [5.74, 6) is -3.54. The molecule has 1 aromatic carbocycles. The minimum Gasteiger partial charge on any atom is -0.481 e. The molecule has 1 N–H and O–H groups in total. The second-order valence-corrected chi connectivity index (χ2v) is 3.39. The van der Waals surface area contributed by atoms with Crippen LogP contribution in [0.3, 0.4) is 0 Å².